The van der Waals surface area contributed by atoms with E-state index in [2.05, 4.69) is 223 Å². The smallest absolute Gasteiger partial charge is 0.334 e. The molecule has 2 atom stereocenters. The molecule has 2 fully saturated rings. The molecule has 6 heterocycles. The Labute approximate surface area is 607 Å². The van der Waals surface area contributed by atoms with E-state index in [1.54, 1.807) is 24.8 Å². The molecule has 14 aromatic rings. The summed E-state index contributed by atoms with van der Waals surface area (Å²) >= 11 is 0. The summed E-state index contributed by atoms with van der Waals surface area (Å²) < 4.78 is 31.0. The number of nitrogens with zero attached hydrogens (tertiary/aromatic N) is 8. The van der Waals surface area contributed by atoms with E-state index in [4.69, 9.17) is 31.9 Å². The van der Waals surface area contributed by atoms with Crippen molar-refractivity contribution in [1.29, 1.82) is 0 Å². The van der Waals surface area contributed by atoms with Crippen LogP contribution in [0.4, 0.5) is 15.8 Å². The van der Waals surface area contributed by atoms with Crippen LogP contribution in [-0.4, -0.2) is 115 Å². The predicted molar refractivity (Wildman–Crippen MR) is 412 cm³/mol. The summed E-state index contributed by atoms with van der Waals surface area (Å²) in [5.74, 6) is -1.04. The topological polar surface area (TPSA) is 179 Å². The highest BCUT2D eigenvalue weighted by Gasteiger charge is 2.43. The largest absolute Gasteiger partial charge is 0.479 e. The number of ether oxygens (including phenoxy) is 2. The van der Waals surface area contributed by atoms with Gasteiger partial charge in [-0.15, -0.1) is 0 Å². The molecule has 0 aliphatic carbocycles. The molecule has 522 valence electrons. The lowest BCUT2D eigenvalue weighted by atomic mass is 9.77. The third-order valence-corrected chi connectivity index (χ3v) is 18.7. The number of hydrogen-bond acceptors (Lipinski definition) is 11. The molecule has 2 aliphatic rings. The Morgan fingerprint density at radius 1 is 0.481 bits per heavy atom. The molecule has 2 saturated heterocycles. The van der Waals surface area contributed by atoms with Gasteiger partial charge in [0.25, 0.3) is 5.91 Å². The van der Waals surface area contributed by atoms with Gasteiger partial charge in [-0.25, -0.2) is 14.2 Å². The lowest BCUT2D eigenvalue weighted by Crippen LogP contribution is -2.47. The molecule has 15 nitrogen and oxygen atoms in total. The monoisotopic (exact) mass is 1380 g/mol. The normalized spacial score (nSPS) is 14.7. The highest BCUT2D eigenvalue weighted by Crippen LogP contribution is 2.46. The van der Waals surface area contributed by atoms with Crippen LogP contribution in [0.1, 0.15) is 53.3 Å². The summed E-state index contributed by atoms with van der Waals surface area (Å²) in [7, 11) is -1.00. The Balaban J connectivity index is 0.000000162. The molecule has 0 spiro atoms. The first-order chi connectivity index (χ1) is 51.1. The Bertz CT molecular complexity index is 4850. The number of fused-ring (bicyclic) bond motifs is 2. The van der Waals surface area contributed by atoms with Crippen molar-refractivity contribution in [3.8, 4) is 22.5 Å². The molecule has 10 aromatic carbocycles. The number of carboxylic acids is 1. The summed E-state index contributed by atoms with van der Waals surface area (Å²) in [5.41, 5.74) is 20.7. The Morgan fingerprint density at radius 3 is 1.17 bits per heavy atom. The fraction of sp³-hybridized carbons (Fsp3) is 0.159. The SMILES string of the molecule is C.Nc1ccc2c(c1)c(-c1ccncc1)nn2C(c1ccccc1)(c1ccccc1)c1ccccc1.O=C(Nc1ccc2c(c1)c(-c1ccncc1)nn2C(c1ccccc1)(c1ccccc1)c1ccccc1)C1CN(Cc2ccccc2)CCO1.O=C(O)C1CN(Cc2ccccc2)CCO1.[2H]CF. The summed E-state index contributed by atoms with van der Waals surface area (Å²) in [6.45, 7) is 5.12. The number of aliphatic carboxylic acids is 1. The second-order valence-corrected chi connectivity index (χ2v) is 25.1. The van der Waals surface area contributed by atoms with Crippen molar-refractivity contribution in [1.82, 2.24) is 39.3 Å². The summed E-state index contributed by atoms with van der Waals surface area (Å²) in [6, 6.07) is 104. The number of nitrogens with two attached hydrogens (primary N) is 1. The first kappa shape index (κ1) is 70.4. The van der Waals surface area contributed by atoms with Crippen LogP contribution >= 0.6 is 0 Å². The molecule has 16 heteroatoms. The van der Waals surface area contributed by atoms with Crippen molar-refractivity contribution in [2.24, 2.45) is 0 Å². The third-order valence-electron chi connectivity index (χ3n) is 18.7. The van der Waals surface area contributed by atoms with Crippen LogP contribution in [0.3, 0.4) is 0 Å². The summed E-state index contributed by atoms with van der Waals surface area (Å²) in [4.78, 5) is 37.4. The number of hydrogen-bond donors (Lipinski definition) is 3. The van der Waals surface area contributed by atoms with Gasteiger partial charge in [-0.3, -0.25) is 29.0 Å². The standard InChI is InChI=1S/C43H37N5O2.C31H24N4.C12H15NO3.CH3F.CH4/c49-42(40-31-47(27-28-50-40)30-32-13-5-1-6-14-32)45-37-21-22-39-38(29-37)41(33-23-25-44-26-24-33)46-48(39)43(34-15-7-2-8-16-34,35-17-9-3-10-18-35)36-19-11-4-12-20-36;32-27-16-17-29-28(22-27)30(23-18-20-33-21-19-23)34-35(29)31(24-10-4-1-5-11-24,25-12-6-2-7-13-25)26-14-8-3-9-15-26;14-12(15)11-9-13(6-7-16-11)8-10-4-2-1-3-5-10;1-2;/h1-26,29,40H,27-28,30-31H2,(H,45,49);1-22H,32H2;1-5,11H,6-9H2,(H,14,15);1H3;1H4/i;;;1D;. The number of pyridine rings is 2. The number of aromatic nitrogens is 6. The molecule has 0 bridgehead atoms. The zero-order chi connectivity index (χ0) is 71.5. The van der Waals surface area contributed by atoms with Crippen molar-refractivity contribution in [2.75, 3.05) is 57.6 Å². The number of halogens is 1. The molecular weight excluding hydrogens is 1300 g/mol. The minimum atomic E-state index is -1.00. The van der Waals surface area contributed by atoms with Gasteiger partial charge in [0.1, 0.15) is 28.6 Å². The van der Waals surface area contributed by atoms with Gasteiger partial charge in [-0.05, 0) is 105 Å². The minimum Gasteiger partial charge on any atom is -0.479 e. The van der Waals surface area contributed by atoms with Gasteiger partial charge in [0, 0.05) is 97.3 Å². The minimum absolute atomic E-state index is 0. The van der Waals surface area contributed by atoms with E-state index in [9.17, 15) is 14.0 Å². The van der Waals surface area contributed by atoms with Crippen molar-refractivity contribution in [3.63, 3.8) is 0 Å². The van der Waals surface area contributed by atoms with Crippen molar-refractivity contribution < 1.29 is 29.9 Å². The molecule has 104 heavy (non-hydrogen) atoms. The number of morpholine rings is 2. The lowest BCUT2D eigenvalue weighted by Gasteiger charge is -2.37. The predicted octanol–water partition coefficient (Wildman–Crippen LogP) is 16.5. The molecule has 4 N–H and O–H groups in total. The summed E-state index contributed by atoms with van der Waals surface area (Å²) in [5, 5.41) is 24.8. The molecule has 2 unspecified atom stereocenters. The Hall–Kier alpha value is -12.1. The molecule has 0 saturated carbocycles. The van der Waals surface area contributed by atoms with E-state index < -0.39 is 36.4 Å². The highest BCUT2D eigenvalue weighted by atomic mass is 19.1. The second kappa shape index (κ2) is 34.1. The van der Waals surface area contributed by atoms with E-state index in [1.165, 1.54) is 11.1 Å². The van der Waals surface area contributed by atoms with Crippen LogP contribution in [0.25, 0.3) is 44.3 Å². The number of nitrogens with one attached hydrogen (secondary N) is 1. The van der Waals surface area contributed by atoms with Crippen LogP contribution in [0.15, 0.2) is 328 Å². The van der Waals surface area contributed by atoms with Gasteiger partial charge in [0.05, 0.1) is 32.8 Å². The first-order valence-corrected chi connectivity index (χ1v) is 34.3. The van der Waals surface area contributed by atoms with Gasteiger partial charge in [-0.2, -0.15) is 10.2 Å². The van der Waals surface area contributed by atoms with E-state index in [0.29, 0.717) is 37.7 Å². The average Bonchev–Trinajstić information content (AvgIpc) is 1.63. The van der Waals surface area contributed by atoms with Crippen LogP contribution in [0, 0.1) is 0 Å². The Kier molecular flexibility index (Phi) is 23.1. The number of rotatable bonds is 17. The first-order valence-electron chi connectivity index (χ1n) is 35.0. The van der Waals surface area contributed by atoms with Crippen molar-refractivity contribution >= 4 is 45.1 Å². The second-order valence-electron chi connectivity index (χ2n) is 25.1. The molecule has 4 aromatic heterocycles. The zero-order valence-corrected chi connectivity index (χ0v) is 56.8. The van der Waals surface area contributed by atoms with E-state index in [1.807, 2.05) is 115 Å². The summed E-state index contributed by atoms with van der Waals surface area (Å²) in [6.07, 6.45) is 5.90. The quantitative estimate of drug-likeness (QED) is 0.0581. The van der Waals surface area contributed by atoms with Gasteiger partial charge < -0.3 is 25.6 Å². The average molecular weight is 1380 g/mol. The number of nitrogen functional groups attached to an aromatic ring is 1. The number of carbonyl (C=O) groups is 2. The van der Waals surface area contributed by atoms with Gasteiger partial charge in [0.2, 0.25) is 0 Å². The van der Waals surface area contributed by atoms with E-state index in [-0.39, 0.29) is 13.3 Å². The van der Waals surface area contributed by atoms with Crippen molar-refractivity contribution in [3.05, 3.63) is 373 Å². The maximum Gasteiger partial charge on any atom is 0.334 e. The number of carboxylic acid groups (broad SMARTS) is 1. The highest BCUT2D eigenvalue weighted by molar-refractivity contribution is 6.00. The number of amides is 1. The molecule has 1 amide bonds. The Morgan fingerprint density at radius 2 is 0.808 bits per heavy atom. The number of carbonyl (C=O) groups excluding carboxylic acids is 1. The maximum atomic E-state index is 13.7. The third kappa shape index (κ3) is 15.5. The maximum absolute atomic E-state index is 13.7. The number of benzene rings is 10. The van der Waals surface area contributed by atoms with Crippen LogP contribution in [-0.2, 0) is 43.2 Å². The van der Waals surface area contributed by atoms with E-state index >= 15 is 0 Å². The van der Waals surface area contributed by atoms with E-state index in [0.717, 1.165) is 104 Å². The van der Waals surface area contributed by atoms with Gasteiger partial charge in [0.15, 0.2) is 6.10 Å². The fourth-order valence-electron chi connectivity index (χ4n) is 14.0. The fourth-order valence-corrected chi connectivity index (χ4v) is 14.0. The number of anilines is 2. The zero-order valence-electron chi connectivity index (χ0n) is 57.8. The molecule has 0 radical (unpaired) electrons. The molecule has 16 rings (SSSR count). The van der Waals surface area contributed by atoms with Crippen molar-refractivity contribution in [2.45, 2.75) is 43.8 Å². The van der Waals surface area contributed by atoms with Gasteiger partial charge in [-0.1, -0.05) is 250 Å². The molecular formula is C88H83FN10O5. The van der Waals surface area contributed by atoms with Crippen LogP contribution < -0.4 is 11.1 Å². The van der Waals surface area contributed by atoms with Crippen LogP contribution in [0.5, 0.6) is 0 Å². The van der Waals surface area contributed by atoms with Crippen LogP contribution in [0.2, 0.25) is 0 Å². The molecule has 2 aliphatic heterocycles. The number of alkyl halides is 1. The van der Waals surface area contributed by atoms with Gasteiger partial charge >= 0.3 is 5.97 Å². The lowest BCUT2D eigenvalue weighted by molar-refractivity contribution is -0.156.